The number of carbonyl (C=O) groups is 1. The molecule has 0 unspecified atom stereocenters. The minimum Gasteiger partial charge on any atom is -0.497 e. The fourth-order valence-corrected chi connectivity index (χ4v) is 1.06. The van der Waals surface area contributed by atoms with E-state index in [1.807, 2.05) is 0 Å². The number of carbonyl (C=O) groups excluding carboxylic acids is 1. The fourth-order valence-electron chi connectivity index (χ4n) is 1.00. The van der Waals surface area contributed by atoms with Crippen molar-refractivity contribution in [2.24, 2.45) is 0 Å². The number of rotatable bonds is 4. The minimum atomic E-state index is -0.370. The van der Waals surface area contributed by atoms with Crippen LogP contribution in [0.3, 0.4) is 0 Å². The summed E-state index contributed by atoms with van der Waals surface area (Å²) in [6.07, 6.45) is 0. The van der Waals surface area contributed by atoms with Crippen LogP contribution in [-0.2, 0) is 4.74 Å². The normalized spacial score (nSPS) is 11.9. The summed E-state index contributed by atoms with van der Waals surface area (Å²) < 4.78 is 9.93. The van der Waals surface area contributed by atoms with Crippen molar-refractivity contribution in [3.63, 3.8) is 0 Å². The van der Waals surface area contributed by atoms with Crippen molar-refractivity contribution in [3.8, 4) is 5.75 Å². The quantitative estimate of drug-likeness (QED) is 0.587. The molecule has 0 saturated carbocycles. The van der Waals surface area contributed by atoms with E-state index in [9.17, 15) is 4.79 Å². The first-order valence-corrected chi connectivity index (χ1v) is 5.02. The smallest absolute Gasteiger partial charge is 0.338 e. The van der Waals surface area contributed by atoms with E-state index < -0.39 is 0 Å². The Morgan fingerprint density at radius 1 is 1.40 bits per heavy atom. The summed E-state index contributed by atoms with van der Waals surface area (Å²) in [6.45, 7) is 1.98. The van der Waals surface area contributed by atoms with Crippen LogP contribution in [0.5, 0.6) is 5.75 Å². The third-order valence-corrected chi connectivity index (χ3v) is 1.90. The number of halogens is 1. The van der Waals surface area contributed by atoms with Crippen LogP contribution in [0.4, 0.5) is 0 Å². The lowest BCUT2D eigenvalue weighted by Crippen LogP contribution is -2.11. The molecule has 0 N–H and O–H groups in total. The molecular formula is C11H13ClO3. The van der Waals surface area contributed by atoms with E-state index >= 15 is 0 Å². The molecule has 0 spiro atoms. The zero-order valence-electron chi connectivity index (χ0n) is 8.70. The molecule has 0 heterocycles. The molecule has 15 heavy (non-hydrogen) atoms. The van der Waals surface area contributed by atoms with Gasteiger partial charge in [0.1, 0.15) is 12.4 Å². The monoisotopic (exact) mass is 228 g/mol. The second-order valence-electron chi connectivity index (χ2n) is 3.11. The van der Waals surface area contributed by atoms with E-state index in [-0.39, 0.29) is 18.0 Å². The molecule has 0 amide bonds. The molecule has 0 aliphatic heterocycles. The Bertz CT molecular complexity index is 319. The van der Waals surface area contributed by atoms with Crippen LogP contribution in [-0.4, -0.2) is 25.1 Å². The topological polar surface area (TPSA) is 35.5 Å². The molecule has 0 aliphatic carbocycles. The Hall–Kier alpha value is -1.22. The van der Waals surface area contributed by atoms with Crippen molar-refractivity contribution < 1.29 is 14.3 Å². The molecule has 4 heteroatoms. The molecule has 1 aromatic carbocycles. The van der Waals surface area contributed by atoms with Crippen LogP contribution < -0.4 is 4.74 Å². The first kappa shape index (κ1) is 11.9. The zero-order valence-corrected chi connectivity index (χ0v) is 9.45. The maximum absolute atomic E-state index is 11.4. The highest BCUT2D eigenvalue weighted by molar-refractivity contribution is 6.20. The van der Waals surface area contributed by atoms with Gasteiger partial charge in [-0.3, -0.25) is 0 Å². The van der Waals surface area contributed by atoms with Gasteiger partial charge in [-0.1, -0.05) is 0 Å². The molecule has 0 saturated heterocycles. The van der Waals surface area contributed by atoms with Gasteiger partial charge in [-0.25, -0.2) is 4.79 Å². The molecule has 0 aromatic heterocycles. The highest BCUT2D eigenvalue weighted by Crippen LogP contribution is 2.12. The standard InChI is InChI=1S/C11H13ClO3/c1-8(12)7-15-11(13)9-3-5-10(14-2)6-4-9/h3-6,8H,7H2,1-2H3/t8-/m0/s1. The Balaban J connectivity index is 2.58. The van der Waals surface area contributed by atoms with Crippen LogP contribution in [0.1, 0.15) is 17.3 Å². The van der Waals surface area contributed by atoms with Crippen molar-refractivity contribution in [2.45, 2.75) is 12.3 Å². The van der Waals surface area contributed by atoms with Gasteiger partial charge >= 0.3 is 5.97 Å². The average Bonchev–Trinajstić information content (AvgIpc) is 2.26. The van der Waals surface area contributed by atoms with Crippen molar-refractivity contribution in [3.05, 3.63) is 29.8 Å². The Labute approximate surface area is 93.9 Å². The van der Waals surface area contributed by atoms with Gasteiger partial charge in [0.25, 0.3) is 0 Å². The van der Waals surface area contributed by atoms with E-state index in [0.717, 1.165) is 0 Å². The Morgan fingerprint density at radius 3 is 2.47 bits per heavy atom. The molecule has 1 rings (SSSR count). The number of alkyl halides is 1. The van der Waals surface area contributed by atoms with E-state index in [1.165, 1.54) is 0 Å². The predicted molar refractivity (Wildman–Crippen MR) is 58.6 cm³/mol. The van der Waals surface area contributed by atoms with Gasteiger partial charge in [-0.2, -0.15) is 0 Å². The first-order chi connectivity index (χ1) is 7.13. The number of ether oxygens (including phenoxy) is 2. The Morgan fingerprint density at radius 2 is 2.00 bits per heavy atom. The van der Waals surface area contributed by atoms with Crippen LogP contribution in [0.2, 0.25) is 0 Å². The number of methoxy groups -OCH3 is 1. The summed E-state index contributed by atoms with van der Waals surface area (Å²) >= 11 is 5.66. The third kappa shape index (κ3) is 3.80. The van der Waals surface area contributed by atoms with Crippen molar-refractivity contribution in [1.29, 1.82) is 0 Å². The van der Waals surface area contributed by atoms with Crippen LogP contribution in [0.25, 0.3) is 0 Å². The number of hydrogen-bond donors (Lipinski definition) is 0. The number of benzene rings is 1. The predicted octanol–water partition coefficient (Wildman–Crippen LogP) is 2.48. The van der Waals surface area contributed by atoms with Gasteiger partial charge < -0.3 is 9.47 Å². The molecule has 0 radical (unpaired) electrons. The van der Waals surface area contributed by atoms with E-state index in [4.69, 9.17) is 21.1 Å². The molecular weight excluding hydrogens is 216 g/mol. The van der Waals surface area contributed by atoms with Gasteiger partial charge in [-0.05, 0) is 31.2 Å². The molecule has 1 atom stereocenters. The highest BCUT2D eigenvalue weighted by Gasteiger charge is 2.08. The van der Waals surface area contributed by atoms with Gasteiger partial charge in [0, 0.05) is 0 Å². The fraction of sp³-hybridized carbons (Fsp3) is 0.364. The molecule has 3 nitrogen and oxygen atoms in total. The lowest BCUT2D eigenvalue weighted by molar-refractivity contribution is 0.0508. The first-order valence-electron chi connectivity index (χ1n) is 4.58. The van der Waals surface area contributed by atoms with Gasteiger partial charge in [0.15, 0.2) is 0 Å². The molecule has 0 bridgehead atoms. The molecule has 1 aromatic rings. The van der Waals surface area contributed by atoms with Crippen molar-refractivity contribution >= 4 is 17.6 Å². The molecule has 0 fully saturated rings. The summed E-state index contributed by atoms with van der Waals surface area (Å²) in [4.78, 5) is 11.4. The molecule has 82 valence electrons. The SMILES string of the molecule is COc1ccc(C(=O)OC[C@H](C)Cl)cc1. The second-order valence-corrected chi connectivity index (χ2v) is 3.85. The zero-order chi connectivity index (χ0) is 11.3. The summed E-state index contributed by atoms with van der Waals surface area (Å²) in [5.74, 6) is 0.336. The van der Waals surface area contributed by atoms with E-state index in [2.05, 4.69) is 0 Å². The summed E-state index contributed by atoms with van der Waals surface area (Å²) in [5, 5.41) is -0.174. The highest BCUT2D eigenvalue weighted by atomic mass is 35.5. The van der Waals surface area contributed by atoms with Crippen LogP contribution >= 0.6 is 11.6 Å². The average molecular weight is 229 g/mol. The maximum Gasteiger partial charge on any atom is 0.338 e. The van der Waals surface area contributed by atoms with Crippen LogP contribution in [0, 0.1) is 0 Å². The third-order valence-electron chi connectivity index (χ3n) is 1.77. The Kier molecular flexibility index (Phi) is 4.43. The van der Waals surface area contributed by atoms with Gasteiger partial charge in [-0.15, -0.1) is 11.6 Å². The largest absolute Gasteiger partial charge is 0.497 e. The van der Waals surface area contributed by atoms with E-state index in [0.29, 0.717) is 11.3 Å². The van der Waals surface area contributed by atoms with Crippen molar-refractivity contribution in [1.82, 2.24) is 0 Å². The molecule has 0 aliphatic rings. The van der Waals surface area contributed by atoms with E-state index in [1.54, 1.807) is 38.3 Å². The lowest BCUT2D eigenvalue weighted by Gasteiger charge is -2.06. The van der Waals surface area contributed by atoms with Gasteiger partial charge in [0.2, 0.25) is 0 Å². The lowest BCUT2D eigenvalue weighted by atomic mass is 10.2. The van der Waals surface area contributed by atoms with Crippen molar-refractivity contribution in [2.75, 3.05) is 13.7 Å². The summed E-state index contributed by atoms with van der Waals surface area (Å²) in [6, 6.07) is 6.72. The maximum atomic E-state index is 11.4. The second kappa shape index (κ2) is 5.61. The minimum absolute atomic E-state index is 0.174. The summed E-state index contributed by atoms with van der Waals surface area (Å²) in [7, 11) is 1.57. The number of esters is 1. The van der Waals surface area contributed by atoms with Crippen LogP contribution in [0.15, 0.2) is 24.3 Å². The summed E-state index contributed by atoms with van der Waals surface area (Å²) in [5.41, 5.74) is 0.494. The number of hydrogen-bond acceptors (Lipinski definition) is 3. The van der Waals surface area contributed by atoms with Gasteiger partial charge in [0.05, 0.1) is 18.1 Å².